The second-order valence-corrected chi connectivity index (χ2v) is 7.66. The first-order valence-corrected chi connectivity index (χ1v) is 9.58. The largest absolute Gasteiger partial charge is 0.348 e. The zero-order chi connectivity index (χ0) is 18.5. The van der Waals surface area contributed by atoms with E-state index in [-0.39, 0.29) is 5.91 Å². The van der Waals surface area contributed by atoms with Gasteiger partial charge in [-0.2, -0.15) is 0 Å². The van der Waals surface area contributed by atoms with E-state index >= 15 is 0 Å². The second-order valence-electron chi connectivity index (χ2n) is 5.35. The molecule has 0 aliphatic rings. The molecule has 0 atom stereocenters. The number of benzene rings is 2. The van der Waals surface area contributed by atoms with Crippen LogP contribution in [0.4, 0.5) is 0 Å². The number of rotatable bonds is 5. The molecule has 7 heteroatoms. The summed E-state index contributed by atoms with van der Waals surface area (Å²) in [5, 5.41) is 5.06. The van der Waals surface area contributed by atoms with Crippen molar-refractivity contribution in [1.29, 1.82) is 0 Å². The molecule has 0 saturated heterocycles. The van der Waals surface area contributed by atoms with E-state index in [2.05, 4.69) is 10.3 Å². The first kappa shape index (κ1) is 19.1. The molecule has 0 aliphatic carbocycles. The van der Waals surface area contributed by atoms with E-state index in [9.17, 15) is 4.79 Å². The Balaban J connectivity index is 1.74. The number of hydrogen-bond acceptors (Lipinski definition) is 3. The minimum atomic E-state index is -0.214. The molecular weight excluding hydrogens is 411 g/mol. The van der Waals surface area contributed by atoms with Gasteiger partial charge >= 0.3 is 0 Å². The van der Waals surface area contributed by atoms with E-state index in [1.807, 2.05) is 24.3 Å². The predicted octanol–water partition coefficient (Wildman–Crippen LogP) is 6.12. The molecule has 0 fully saturated rings. The van der Waals surface area contributed by atoms with Gasteiger partial charge in [0.05, 0.1) is 15.6 Å². The van der Waals surface area contributed by atoms with Crippen LogP contribution in [0, 0.1) is 0 Å². The highest BCUT2D eigenvalue weighted by molar-refractivity contribution is 7.99. The van der Waals surface area contributed by atoms with Crippen LogP contribution in [0.3, 0.4) is 0 Å². The Hall–Kier alpha value is -1.72. The van der Waals surface area contributed by atoms with E-state index in [0.717, 1.165) is 10.5 Å². The molecule has 0 unspecified atom stereocenters. The van der Waals surface area contributed by atoms with Crippen molar-refractivity contribution in [3.8, 4) is 0 Å². The summed E-state index contributed by atoms with van der Waals surface area (Å²) < 4.78 is 0. The molecule has 3 rings (SSSR count). The molecule has 2 aromatic carbocycles. The van der Waals surface area contributed by atoms with Gasteiger partial charge in [-0.05, 0) is 48.0 Å². The van der Waals surface area contributed by atoms with Crippen LogP contribution < -0.4 is 5.32 Å². The molecule has 1 amide bonds. The van der Waals surface area contributed by atoms with Crippen LogP contribution in [-0.4, -0.2) is 10.9 Å². The Labute approximate surface area is 170 Å². The Morgan fingerprint density at radius 1 is 1.00 bits per heavy atom. The van der Waals surface area contributed by atoms with Crippen LogP contribution in [-0.2, 0) is 6.54 Å². The SMILES string of the molecule is O=C(NCc1ccc(Cl)c(Cl)c1)c1cccnc1Sc1cccc(Cl)c1. The second kappa shape index (κ2) is 8.78. The molecule has 3 nitrogen and oxygen atoms in total. The number of halogens is 3. The van der Waals surface area contributed by atoms with Gasteiger partial charge in [0.2, 0.25) is 0 Å². The maximum absolute atomic E-state index is 12.6. The van der Waals surface area contributed by atoms with Crippen molar-refractivity contribution in [1.82, 2.24) is 10.3 Å². The zero-order valence-corrected chi connectivity index (χ0v) is 16.5. The topological polar surface area (TPSA) is 42.0 Å². The van der Waals surface area contributed by atoms with Crippen molar-refractivity contribution in [2.45, 2.75) is 16.5 Å². The normalized spacial score (nSPS) is 10.6. The summed E-state index contributed by atoms with van der Waals surface area (Å²) >= 11 is 19.3. The Kier molecular flexibility index (Phi) is 6.43. The van der Waals surface area contributed by atoms with Crippen LogP contribution >= 0.6 is 46.6 Å². The van der Waals surface area contributed by atoms with Crippen LogP contribution in [0.2, 0.25) is 15.1 Å². The van der Waals surface area contributed by atoms with Crippen molar-refractivity contribution in [3.05, 3.63) is 87.0 Å². The van der Waals surface area contributed by atoms with Gasteiger partial charge in [0.15, 0.2) is 0 Å². The molecule has 26 heavy (non-hydrogen) atoms. The highest BCUT2D eigenvalue weighted by Gasteiger charge is 2.13. The molecule has 0 radical (unpaired) electrons. The van der Waals surface area contributed by atoms with Gasteiger partial charge in [-0.1, -0.05) is 58.7 Å². The number of hydrogen-bond donors (Lipinski definition) is 1. The number of amides is 1. The summed E-state index contributed by atoms with van der Waals surface area (Å²) in [6.07, 6.45) is 1.66. The summed E-state index contributed by atoms with van der Waals surface area (Å²) in [5.41, 5.74) is 1.36. The van der Waals surface area contributed by atoms with Gasteiger partial charge in [0.1, 0.15) is 5.03 Å². The van der Waals surface area contributed by atoms with Crippen molar-refractivity contribution in [2.24, 2.45) is 0 Å². The summed E-state index contributed by atoms with van der Waals surface area (Å²) in [4.78, 5) is 17.8. The third-order valence-corrected chi connectivity index (χ3v) is 5.45. The number of nitrogens with zero attached hydrogens (tertiary/aromatic N) is 1. The molecule has 3 aromatic rings. The van der Waals surface area contributed by atoms with Crippen LogP contribution in [0.25, 0.3) is 0 Å². The average Bonchev–Trinajstić information content (AvgIpc) is 2.63. The number of carbonyl (C=O) groups is 1. The summed E-state index contributed by atoms with van der Waals surface area (Å²) in [6.45, 7) is 0.339. The molecule has 0 spiro atoms. The van der Waals surface area contributed by atoms with Crippen molar-refractivity contribution >= 4 is 52.5 Å². The lowest BCUT2D eigenvalue weighted by Crippen LogP contribution is -2.23. The fourth-order valence-electron chi connectivity index (χ4n) is 2.21. The van der Waals surface area contributed by atoms with Crippen LogP contribution in [0.5, 0.6) is 0 Å². The molecule has 1 aromatic heterocycles. The van der Waals surface area contributed by atoms with Crippen LogP contribution in [0.1, 0.15) is 15.9 Å². The van der Waals surface area contributed by atoms with Crippen molar-refractivity contribution in [2.75, 3.05) is 0 Å². The van der Waals surface area contributed by atoms with E-state index in [4.69, 9.17) is 34.8 Å². The standard InChI is InChI=1S/C19H13Cl3N2OS/c20-13-3-1-4-14(10-13)26-19-15(5-2-8-23-19)18(25)24-11-12-6-7-16(21)17(22)9-12/h1-10H,11H2,(H,24,25). The van der Waals surface area contributed by atoms with E-state index in [1.54, 1.807) is 36.5 Å². The smallest absolute Gasteiger partial charge is 0.254 e. The minimum Gasteiger partial charge on any atom is -0.348 e. The third kappa shape index (κ3) is 4.92. The Morgan fingerprint density at radius 2 is 1.85 bits per heavy atom. The van der Waals surface area contributed by atoms with Crippen molar-refractivity contribution < 1.29 is 4.79 Å². The number of carbonyl (C=O) groups excluding carboxylic acids is 1. The molecule has 0 bridgehead atoms. The van der Waals surface area contributed by atoms with Crippen molar-refractivity contribution in [3.63, 3.8) is 0 Å². The maximum Gasteiger partial charge on any atom is 0.254 e. The average molecular weight is 424 g/mol. The van der Waals surface area contributed by atoms with E-state index in [1.165, 1.54) is 11.8 Å². The maximum atomic E-state index is 12.6. The van der Waals surface area contributed by atoms with Gasteiger partial charge < -0.3 is 5.32 Å². The summed E-state index contributed by atoms with van der Waals surface area (Å²) in [7, 11) is 0. The fraction of sp³-hybridized carbons (Fsp3) is 0.0526. The number of nitrogens with one attached hydrogen (secondary N) is 1. The summed E-state index contributed by atoms with van der Waals surface area (Å²) in [5.74, 6) is -0.214. The van der Waals surface area contributed by atoms with E-state index < -0.39 is 0 Å². The lowest BCUT2D eigenvalue weighted by atomic mass is 10.2. The first-order chi connectivity index (χ1) is 12.5. The molecule has 0 saturated carbocycles. The first-order valence-electron chi connectivity index (χ1n) is 7.63. The zero-order valence-electron chi connectivity index (χ0n) is 13.4. The number of aromatic nitrogens is 1. The van der Waals surface area contributed by atoms with Gasteiger partial charge in [0.25, 0.3) is 5.91 Å². The lowest BCUT2D eigenvalue weighted by molar-refractivity contribution is 0.0947. The fourth-order valence-corrected chi connectivity index (χ4v) is 3.73. The lowest BCUT2D eigenvalue weighted by Gasteiger charge is -2.10. The highest BCUT2D eigenvalue weighted by atomic mass is 35.5. The van der Waals surface area contributed by atoms with Crippen LogP contribution in [0.15, 0.2) is 70.7 Å². The van der Waals surface area contributed by atoms with Gasteiger partial charge in [-0.25, -0.2) is 4.98 Å². The minimum absolute atomic E-state index is 0.214. The Bertz CT molecular complexity index is 950. The highest BCUT2D eigenvalue weighted by Crippen LogP contribution is 2.30. The van der Waals surface area contributed by atoms with Gasteiger partial charge in [-0.15, -0.1) is 0 Å². The molecule has 0 aliphatic heterocycles. The monoisotopic (exact) mass is 422 g/mol. The molecular formula is C19H13Cl3N2OS. The van der Waals surface area contributed by atoms with Gasteiger partial charge in [-0.3, -0.25) is 4.79 Å². The summed E-state index contributed by atoms with van der Waals surface area (Å²) in [6, 6.07) is 16.1. The quantitative estimate of drug-likeness (QED) is 0.537. The third-order valence-electron chi connectivity index (χ3n) is 3.46. The van der Waals surface area contributed by atoms with E-state index in [0.29, 0.717) is 32.2 Å². The molecule has 1 heterocycles. The Morgan fingerprint density at radius 3 is 2.62 bits per heavy atom. The number of pyridine rings is 1. The molecule has 132 valence electrons. The van der Waals surface area contributed by atoms with Gasteiger partial charge in [0, 0.05) is 22.7 Å². The molecule has 1 N–H and O–H groups in total. The predicted molar refractivity (Wildman–Crippen MR) is 107 cm³/mol.